The Bertz CT molecular complexity index is 112. The molecule has 0 bridgehead atoms. The molecule has 0 spiro atoms. The highest BCUT2D eigenvalue weighted by molar-refractivity contribution is 5.78. The van der Waals surface area contributed by atoms with Crippen LogP contribution in [0.3, 0.4) is 0 Å². The molecule has 0 aromatic heterocycles. The monoisotopic (exact) mass is 140 g/mol. The molecule has 0 aliphatic heterocycles. The Morgan fingerprint density at radius 2 is 2.00 bits per heavy atom. The highest BCUT2D eigenvalue weighted by Gasteiger charge is 2.16. The van der Waals surface area contributed by atoms with Gasteiger partial charge in [-0.15, -0.1) is 0 Å². The van der Waals surface area contributed by atoms with Gasteiger partial charge < -0.3 is 0 Å². The molecule has 58 valence electrons. The first-order valence-corrected chi connectivity index (χ1v) is 4.34. The fourth-order valence-electron chi connectivity index (χ4n) is 1.68. The Labute approximate surface area is 62.8 Å². The van der Waals surface area contributed by atoms with Crippen LogP contribution in [-0.4, -0.2) is 5.78 Å². The van der Waals surface area contributed by atoms with Crippen LogP contribution in [0.5, 0.6) is 0 Å². The maximum Gasteiger partial charge on any atom is 0.132 e. The number of hydrogen-bond donors (Lipinski definition) is 0. The van der Waals surface area contributed by atoms with Gasteiger partial charge in [0, 0.05) is 12.8 Å². The Hall–Kier alpha value is -0.330. The van der Waals surface area contributed by atoms with Crippen LogP contribution in [0.25, 0.3) is 0 Å². The van der Waals surface area contributed by atoms with Crippen LogP contribution < -0.4 is 0 Å². The van der Waals surface area contributed by atoms with E-state index in [-0.39, 0.29) is 0 Å². The van der Waals surface area contributed by atoms with Crippen LogP contribution in [-0.2, 0) is 4.79 Å². The lowest BCUT2D eigenvalue weighted by atomic mass is 10.0. The first-order valence-electron chi connectivity index (χ1n) is 4.34. The van der Waals surface area contributed by atoms with Crippen molar-refractivity contribution >= 4 is 5.78 Å². The maximum atomic E-state index is 11.0. The second-order valence-corrected chi connectivity index (χ2v) is 3.25. The number of rotatable bonds is 3. The second-order valence-electron chi connectivity index (χ2n) is 3.25. The van der Waals surface area contributed by atoms with Gasteiger partial charge in [-0.05, 0) is 5.92 Å². The topological polar surface area (TPSA) is 17.1 Å². The summed E-state index contributed by atoms with van der Waals surface area (Å²) in [6.07, 6.45) is 6.88. The summed E-state index contributed by atoms with van der Waals surface area (Å²) in [5.74, 6) is 1.19. The van der Waals surface area contributed by atoms with E-state index in [0.717, 1.165) is 18.8 Å². The van der Waals surface area contributed by atoms with E-state index >= 15 is 0 Å². The molecular weight excluding hydrogens is 124 g/mol. The summed E-state index contributed by atoms with van der Waals surface area (Å²) in [7, 11) is 0. The highest BCUT2D eigenvalue weighted by atomic mass is 16.1. The van der Waals surface area contributed by atoms with Crippen LogP contribution in [0.4, 0.5) is 0 Å². The minimum atomic E-state index is 0.451. The Kier molecular flexibility index (Phi) is 2.91. The lowest BCUT2D eigenvalue weighted by molar-refractivity contribution is -0.119. The Morgan fingerprint density at radius 1 is 1.40 bits per heavy atom. The zero-order valence-corrected chi connectivity index (χ0v) is 6.73. The fourth-order valence-corrected chi connectivity index (χ4v) is 1.68. The van der Waals surface area contributed by atoms with Gasteiger partial charge in [0.05, 0.1) is 0 Å². The molecule has 1 fully saturated rings. The largest absolute Gasteiger partial charge is 0.300 e. The third kappa shape index (κ3) is 2.13. The summed E-state index contributed by atoms with van der Waals surface area (Å²) in [6, 6.07) is 0. The van der Waals surface area contributed by atoms with E-state index in [4.69, 9.17) is 0 Å². The van der Waals surface area contributed by atoms with Crippen molar-refractivity contribution in [1.82, 2.24) is 0 Å². The molecule has 0 heterocycles. The summed E-state index contributed by atoms with van der Waals surface area (Å²) in [5.41, 5.74) is 0. The van der Waals surface area contributed by atoms with Crippen molar-refractivity contribution in [2.24, 2.45) is 5.92 Å². The average Bonchev–Trinajstić information content (AvgIpc) is 2.40. The van der Waals surface area contributed by atoms with Gasteiger partial charge >= 0.3 is 0 Å². The third-order valence-corrected chi connectivity index (χ3v) is 2.39. The first-order chi connectivity index (χ1) is 4.83. The van der Waals surface area contributed by atoms with Gasteiger partial charge in [-0.3, -0.25) is 4.79 Å². The average molecular weight is 140 g/mol. The molecule has 0 aromatic rings. The summed E-state index contributed by atoms with van der Waals surface area (Å²) >= 11 is 0. The smallest absolute Gasteiger partial charge is 0.132 e. The van der Waals surface area contributed by atoms with E-state index in [1.165, 1.54) is 25.7 Å². The molecule has 0 amide bonds. The molecule has 1 heteroatoms. The number of carbonyl (C=O) groups excluding carboxylic acids is 1. The van der Waals surface area contributed by atoms with Gasteiger partial charge in [-0.2, -0.15) is 0 Å². The van der Waals surface area contributed by atoms with E-state index in [9.17, 15) is 4.79 Å². The lowest BCUT2D eigenvalue weighted by Gasteiger charge is -2.04. The molecule has 1 rings (SSSR count). The third-order valence-electron chi connectivity index (χ3n) is 2.39. The number of ketones is 1. The Balaban J connectivity index is 2.17. The minimum Gasteiger partial charge on any atom is -0.300 e. The standard InChI is InChI=1S/C9H16O/c1-2-9(10)7-8-5-3-4-6-8/h8H,2-7H2,1H3. The molecule has 0 N–H and O–H groups in total. The van der Waals surface area contributed by atoms with Gasteiger partial charge in [0.15, 0.2) is 0 Å². The predicted molar refractivity (Wildman–Crippen MR) is 41.9 cm³/mol. The van der Waals surface area contributed by atoms with E-state index in [1.807, 2.05) is 6.92 Å². The highest BCUT2D eigenvalue weighted by Crippen LogP contribution is 2.27. The van der Waals surface area contributed by atoms with Gasteiger partial charge in [0.1, 0.15) is 5.78 Å². The van der Waals surface area contributed by atoms with Crippen LogP contribution in [0.1, 0.15) is 45.4 Å². The van der Waals surface area contributed by atoms with Crippen LogP contribution >= 0.6 is 0 Å². The fraction of sp³-hybridized carbons (Fsp3) is 0.889. The van der Waals surface area contributed by atoms with E-state index in [1.54, 1.807) is 0 Å². The van der Waals surface area contributed by atoms with Crippen molar-refractivity contribution in [3.05, 3.63) is 0 Å². The molecule has 0 radical (unpaired) electrons. The van der Waals surface area contributed by atoms with Gasteiger partial charge in [0.2, 0.25) is 0 Å². The molecule has 1 aliphatic rings. The van der Waals surface area contributed by atoms with E-state index in [2.05, 4.69) is 0 Å². The number of Topliss-reactive ketones (excluding diaryl/α,β-unsaturated/α-hetero) is 1. The normalized spacial score (nSPS) is 19.7. The van der Waals surface area contributed by atoms with Crippen molar-refractivity contribution in [3.8, 4) is 0 Å². The van der Waals surface area contributed by atoms with Crippen LogP contribution in [0, 0.1) is 5.92 Å². The molecule has 0 saturated heterocycles. The quantitative estimate of drug-likeness (QED) is 0.588. The molecule has 0 unspecified atom stereocenters. The molecular formula is C9H16O. The lowest BCUT2D eigenvalue weighted by Crippen LogP contribution is -2.03. The summed E-state index contributed by atoms with van der Waals surface area (Å²) in [5, 5.41) is 0. The van der Waals surface area contributed by atoms with Crippen molar-refractivity contribution in [3.63, 3.8) is 0 Å². The molecule has 0 atom stereocenters. The summed E-state index contributed by atoms with van der Waals surface area (Å²) in [4.78, 5) is 11.0. The zero-order chi connectivity index (χ0) is 7.40. The van der Waals surface area contributed by atoms with Gasteiger partial charge in [0.25, 0.3) is 0 Å². The SMILES string of the molecule is CCC(=O)CC1CCCC1. The number of hydrogen-bond acceptors (Lipinski definition) is 1. The van der Waals surface area contributed by atoms with E-state index in [0.29, 0.717) is 5.78 Å². The van der Waals surface area contributed by atoms with Crippen molar-refractivity contribution in [2.75, 3.05) is 0 Å². The molecule has 10 heavy (non-hydrogen) atoms. The predicted octanol–water partition coefficient (Wildman–Crippen LogP) is 2.55. The first kappa shape index (κ1) is 7.77. The van der Waals surface area contributed by atoms with Crippen molar-refractivity contribution in [1.29, 1.82) is 0 Å². The molecule has 1 nitrogen and oxygen atoms in total. The van der Waals surface area contributed by atoms with Crippen LogP contribution in [0.2, 0.25) is 0 Å². The molecule has 0 aromatic carbocycles. The molecule has 1 aliphatic carbocycles. The van der Waals surface area contributed by atoms with Crippen LogP contribution in [0.15, 0.2) is 0 Å². The van der Waals surface area contributed by atoms with E-state index < -0.39 is 0 Å². The second kappa shape index (κ2) is 3.75. The van der Waals surface area contributed by atoms with Crippen molar-refractivity contribution in [2.45, 2.75) is 45.4 Å². The van der Waals surface area contributed by atoms with Gasteiger partial charge in [-0.1, -0.05) is 32.6 Å². The summed E-state index contributed by atoms with van der Waals surface area (Å²) < 4.78 is 0. The van der Waals surface area contributed by atoms with Gasteiger partial charge in [-0.25, -0.2) is 0 Å². The molecule has 1 saturated carbocycles. The zero-order valence-electron chi connectivity index (χ0n) is 6.73. The maximum absolute atomic E-state index is 11.0. The minimum absolute atomic E-state index is 0.451. The number of carbonyl (C=O) groups is 1. The summed E-state index contributed by atoms with van der Waals surface area (Å²) in [6.45, 7) is 1.96. The Morgan fingerprint density at radius 3 is 2.50 bits per heavy atom. The van der Waals surface area contributed by atoms with Crippen molar-refractivity contribution < 1.29 is 4.79 Å².